The summed E-state index contributed by atoms with van der Waals surface area (Å²) in [6.07, 6.45) is 27.2. The standard InChI is InChI=1S/C25H54N.C8H8O3S/c1-5-8-11-14-17-20-23-26(4,24-21-18-15-12-9-6-2)25-22-19-16-13-10-7-3;9-12(10,11)7-6-8-4-2-1-3-5-8/h5-25H2,1-4H3;1-7H,(H,9,10,11)/q+1;. The molecule has 5 heteroatoms. The minimum atomic E-state index is -4.00. The highest BCUT2D eigenvalue weighted by molar-refractivity contribution is 7.88. The van der Waals surface area contributed by atoms with Crippen LogP contribution in [0.15, 0.2) is 35.7 Å². The molecule has 38 heavy (non-hydrogen) atoms. The van der Waals surface area contributed by atoms with Gasteiger partial charge in [0.05, 0.1) is 32.1 Å². The van der Waals surface area contributed by atoms with Crippen LogP contribution >= 0.6 is 0 Å². The minimum Gasteiger partial charge on any atom is -0.326 e. The van der Waals surface area contributed by atoms with Gasteiger partial charge in [0, 0.05) is 0 Å². The number of hydrogen-bond donors (Lipinski definition) is 1. The molecule has 1 rings (SSSR count). The predicted molar refractivity (Wildman–Crippen MR) is 168 cm³/mol. The van der Waals surface area contributed by atoms with Crippen molar-refractivity contribution >= 4 is 16.2 Å². The summed E-state index contributed by atoms with van der Waals surface area (Å²) in [6.45, 7) is 11.2. The van der Waals surface area contributed by atoms with Gasteiger partial charge >= 0.3 is 0 Å². The van der Waals surface area contributed by atoms with Crippen molar-refractivity contribution < 1.29 is 17.5 Å². The van der Waals surface area contributed by atoms with Crippen molar-refractivity contribution in [3.8, 4) is 0 Å². The fourth-order valence-corrected chi connectivity index (χ4v) is 5.21. The summed E-state index contributed by atoms with van der Waals surface area (Å²) in [4.78, 5) is 0. The first kappa shape index (κ1) is 36.8. The molecule has 0 aromatic heterocycles. The zero-order chi connectivity index (χ0) is 28.4. The van der Waals surface area contributed by atoms with E-state index in [1.54, 1.807) is 24.3 Å². The highest BCUT2D eigenvalue weighted by Gasteiger charge is 2.20. The van der Waals surface area contributed by atoms with Crippen LogP contribution in [0.3, 0.4) is 0 Å². The Morgan fingerprint density at radius 1 is 0.605 bits per heavy atom. The minimum absolute atomic E-state index is 0.732. The fraction of sp³-hybridized carbons (Fsp3) is 0.758. The van der Waals surface area contributed by atoms with Crippen LogP contribution < -0.4 is 0 Å². The topological polar surface area (TPSA) is 54.4 Å². The maximum atomic E-state index is 10.3. The normalized spacial score (nSPS) is 12.0. The third-order valence-corrected chi connectivity index (χ3v) is 7.87. The molecule has 0 amide bonds. The number of unbranched alkanes of at least 4 members (excludes halogenated alkanes) is 15. The Hall–Kier alpha value is -1.17. The lowest BCUT2D eigenvalue weighted by atomic mass is 10.1. The summed E-state index contributed by atoms with van der Waals surface area (Å²) < 4.78 is 30.3. The second kappa shape index (κ2) is 24.8. The molecule has 1 N–H and O–H groups in total. The van der Waals surface area contributed by atoms with E-state index < -0.39 is 10.1 Å². The van der Waals surface area contributed by atoms with Crippen molar-refractivity contribution in [2.24, 2.45) is 0 Å². The van der Waals surface area contributed by atoms with E-state index in [1.807, 2.05) is 6.07 Å². The first-order valence-electron chi connectivity index (χ1n) is 15.8. The quantitative estimate of drug-likeness (QED) is 0.0834. The molecule has 0 aliphatic carbocycles. The monoisotopic (exact) mass is 552 g/mol. The van der Waals surface area contributed by atoms with Crippen LogP contribution in [0.5, 0.6) is 0 Å². The van der Waals surface area contributed by atoms with E-state index >= 15 is 0 Å². The van der Waals surface area contributed by atoms with Gasteiger partial charge in [-0.05, 0) is 50.2 Å². The van der Waals surface area contributed by atoms with Gasteiger partial charge in [-0.25, -0.2) is 0 Å². The van der Waals surface area contributed by atoms with Crippen molar-refractivity contribution in [2.45, 2.75) is 136 Å². The van der Waals surface area contributed by atoms with Crippen molar-refractivity contribution in [3.05, 3.63) is 41.3 Å². The van der Waals surface area contributed by atoms with Gasteiger partial charge in [0.15, 0.2) is 0 Å². The second-order valence-electron chi connectivity index (χ2n) is 11.3. The van der Waals surface area contributed by atoms with Crippen molar-refractivity contribution in [2.75, 3.05) is 26.7 Å². The summed E-state index contributed by atoms with van der Waals surface area (Å²) in [6, 6.07) is 8.86. The van der Waals surface area contributed by atoms with Gasteiger partial charge in [0.2, 0.25) is 0 Å². The first-order valence-corrected chi connectivity index (χ1v) is 17.3. The molecule has 0 atom stereocenters. The van der Waals surface area contributed by atoms with Crippen LogP contribution in [-0.4, -0.2) is 44.1 Å². The molecule has 0 fully saturated rings. The Bertz CT molecular complexity index is 721. The van der Waals surface area contributed by atoms with Crippen LogP contribution in [-0.2, 0) is 10.1 Å². The Labute approximate surface area is 237 Å². The number of hydrogen-bond acceptors (Lipinski definition) is 2. The van der Waals surface area contributed by atoms with Crippen molar-refractivity contribution in [1.29, 1.82) is 0 Å². The second-order valence-corrected chi connectivity index (χ2v) is 12.6. The predicted octanol–water partition coefficient (Wildman–Crippen LogP) is 10.1. The average molecular weight is 553 g/mol. The van der Waals surface area contributed by atoms with Crippen LogP contribution in [0.2, 0.25) is 0 Å². The number of quaternary nitrogens is 1. The summed E-state index contributed by atoms with van der Waals surface area (Å²) >= 11 is 0. The average Bonchev–Trinajstić information content (AvgIpc) is 2.90. The number of benzene rings is 1. The molecule has 0 bridgehead atoms. The summed E-state index contributed by atoms with van der Waals surface area (Å²) in [7, 11) is -1.44. The number of nitrogens with zero attached hydrogens (tertiary/aromatic N) is 1. The van der Waals surface area contributed by atoms with Crippen LogP contribution in [0.25, 0.3) is 6.08 Å². The lowest BCUT2D eigenvalue weighted by Crippen LogP contribution is -2.46. The maximum absolute atomic E-state index is 10.3. The van der Waals surface area contributed by atoms with Gasteiger partial charge in [-0.2, -0.15) is 8.42 Å². The van der Waals surface area contributed by atoms with E-state index in [9.17, 15) is 8.42 Å². The molecule has 0 aliphatic heterocycles. The lowest BCUT2D eigenvalue weighted by molar-refractivity contribution is -0.910. The molecule has 0 saturated carbocycles. The molecule has 222 valence electrons. The molecular weight excluding hydrogens is 490 g/mol. The molecule has 0 aliphatic rings. The zero-order valence-electron chi connectivity index (χ0n) is 25.5. The van der Waals surface area contributed by atoms with Gasteiger partial charge in [0.25, 0.3) is 10.1 Å². The fourth-order valence-electron chi connectivity index (χ4n) is 4.89. The Morgan fingerprint density at radius 3 is 1.29 bits per heavy atom. The van der Waals surface area contributed by atoms with E-state index in [0.29, 0.717) is 0 Å². The van der Waals surface area contributed by atoms with Gasteiger partial charge in [0.1, 0.15) is 0 Å². The Balaban J connectivity index is 0.000000942. The molecule has 0 spiro atoms. The van der Waals surface area contributed by atoms with Crippen LogP contribution in [0.1, 0.15) is 142 Å². The first-order chi connectivity index (χ1) is 18.3. The van der Waals surface area contributed by atoms with E-state index in [2.05, 4.69) is 27.8 Å². The molecule has 1 aromatic rings. The van der Waals surface area contributed by atoms with E-state index in [-0.39, 0.29) is 0 Å². The van der Waals surface area contributed by atoms with E-state index in [1.165, 1.54) is 146 Å². The smallest absolute Gasteiger partial charge is 0.287 e. The highest BCUT2D eigenvalue weighted by Crippen LogP contribution is 2.16. The Morgan fingerprint density at radius 2 is 0.947 bits per heavy atom. The van der Waals surface area contributed by atoms with Gasteiger partial charge in [-0.15, -0.1) is 0 Å². The number of rotatable bonds is 23. The molecule has 0 unspecified atom stereocenters. The largest absolute Gasteiger partial charge is 0.326 e. The Kier molecular flexibility index (Phi) is 24.1. The lowest BCUT2D eigenvalue weighted by Gasteiger charge is -2.35. The summed E-state index contributed by atoms with van der Waals surface area (Å²) in [5.41, 5.74) is 0.732. The molecule has 1 aromatic carbocycles. The molecule has 0 saturated heterocycles. The van der Waals surface area contributed by atoms with Crippen LogP contribution in [0.4, 0.5) is 0 Å². The maximum Gasteiger partial charge on any atom is 0.287 e. The van der Waals surface area contributed by atoms with Gasteiger partial charge in [-0.1, -0.05) is 128 Å². The molecular formula is C33H62NO3S+. The molecule has 0 heterocycles. The third kappa shape index (κ3) is 25.1. The summed E-state index contributed by atoms with van der Waals surface area (Å²) in [5, 5.41) is 0.752. The third-order valence-electron chi connectivity index (χ3n) is 7.39. The van der Waals surface area contributed by atoms with Crippen molar-refractivity contribution in [3.63, 3.8) is 0 Å². The van der Waals surface area contributed by atoms with E-state index in [4.69, 9.17) is 4.55 Å². The SMILES string of the molecule is CCCCCCCC[N+](C)(CCCCCCCC)CCCCCCCC.O=S(=O)(O)C=Cc1ccccc1. The highest BCUT2D eigenvalue weighted by atomic mass is 32.2. The van der Waals surface area contributed by atoms with Crippen LogP contribution in [0, 0.1) is 0 Å². The van der Waals surface area contributed by atoms with Gasteiger partial charge in [-0.3, -0.25) is 4.55 Å². The molecule has 0 radical (unpaired) electrons. The molecule has 4 nitrogen and oxygen atoms in total. The van der Waals surface area contributed by atoms with Gasteiger partial charge < -0.3 is 4.48 Å². The van der Waals surface area contributed by atoms with Crippen molar-refractivity contribution in [1.82, 2.24) is 0 Å². The van der Waals surface area contributed by atoms with E-state index in [0.717, 1.165) is 11.0 Å². The summed E-state index contributed by atoms with van der Waals surface area (Å²) in [5.74, 6) is 0. The zero-order valence-corrected chi connectivity index (χ0v) is 26.3.